The SMILES string of the molecule is CCCCCc1[nH]c2ccccc2[n+]1CCCCC. The van der Waals surface area contributed by atoms with Crippen molar-refractivity contribution in [3.63, 3.8) is 0 Å². The van der Waals surface area contributed by atoms with Gasteiger partial charge in [0, 0.05) is 6.42 Å². The van der Waals surface area contributed by atoms with Crippen molar-refractivity contribution >= 4 is 11.0 Å². The lowest BCUT2D eigenvalue weighted by Gasteiger charge is -2.02. The zero-order chi connectivity index (χ0) is 13.5. The first-order valence-electron chi connectivity index (χ1n) is 7.86. The van der Waals surface area contributed by atoms with Crippen LogP contribution < -0.4 is 4.57 Å². The largest absolute Gasteiger partial charge is 0.255 e. The Bertz CT molecular complexity index is 499. The molecule has 2 heteroatoms. The molecule has 104 valence electrons. The molecule has 0 aliphatic heterocycles. The molecule has 0 bridgehead atoms. The quantitative estimate of drug-likeness (QED) is 0.536. The van der Waals surface area contributed by atoms with Crippen LogP contribution >= 0.6 is 0 Å². The zero-order valence-corrected chi connectivity index (χ0v) is 12.4. The third-order valence-electron chi connectivity index (χ3n) is 3.80. The topological polar surface area (TPSA) is 19.7 Å². The van der Waals surface area contributed by atoms with Crippen LogP contribution in [-0.4, -0.2) is 4.98 Å². The fourth-order valence-corrected chi connectivity index (χ4v) is 2.70. The fraction of sp³-hybridized carbons (Fsp3) is 0.588. The molecule has 1 aromatic heterocycles. The number of aromatic amines is 1. The van der Waals surface area contributed by atoms with Gasteiger partial charge in [-0.05, 0) is 31.4 Å². The minimum atomic E-state index is 1.15. The van der Waals surface area contributed by atoms with Gasteiger partial charge in [-0.25, -0.2) is 9.55 Å². The van der Waals surface area contributed by atoms with E-state index in [0.29, 0.717) is 0 Å². The molecule has 0 spiro atoms. The summed E-state index contributed by atoms with van der Waals surface area (Å²) >= 11 is 0. The summed E-state index contributed by atoms with van der Waals surface area (Å²) in [5, 5.41) is 0. The van der Waals surface area contributed by atoms with E-state index in [1.165, 1.54) is 61.8 Å². The fourth-order valence-electron chi connectivity index (χ4n) is 2.70. The first-order chi connectivity index (χ1) is 9.36. The molecule has 0 saturated heterocycles. The van der Waals surface area contributed by atoms with E-state index in [2.05, 4.69) is 47.7 Å². The van der Waals surface area contributed by atoms with Crippen molar-refractivity contribution in [1.29, 1.82) is 0 Å². The Balaban J connectivity index is 2.18. The van der Waals surface area contributed by atoms with Crippen LogP contribution in [-0.2, 0) is 13.0 Å². The first kappa shape index (κ1) is 14.1. The molecule has 1 aromatic carbocycles. The van der Waals surface area contributed by atoms with Gasteiger partial charge in [0.2, 0.25) is 0 Å². The van der Waals surface area contributed by atoms with E-state index in [4.69, 9.17) is 0 Å². The van der Waals surface area contributed by atoms with Gasteiger partial charge >= 0.3 is 0 Å². The smallest absolute Gasteiger partial charge is 0.241 e. The predicted molar refractivity (Wildman–Crippen MR) is 81.2 cm³/mol. The van der Waals surface area contributed by atoms with Gasteiger partial charge in [-0.1, -0.05) is 45.2 Å². The molecular formula is C17H27N2+. The number of imidazole rings is 1. The summed E-state index contributed by atoms with van der Waals surface area (Å²) in [5.41, 5.74) is 2.65. The molecule has 1 N–H and O–H groups in total. The summed E-state index contributed by atoms with van der Waals surface area (Å²) in [6, 6.07) is 8.68. The molecule has 0 saturated carbocycles. The normalized spacial score (nSPS) is 11.3. The highest BCUT2D eigenvalue weighted by Crippen LogP contribution is 2.12. The predicted octanol–water partition coefficient (Wildman–Crippen LogP) is 4.38. The summed E-state index contributed by atoms with van der Waals surface area (Å²) in [5.74, 6) is 1.41. The van der Waals surface area contributed by atoms with Crippen molar-refractivity contribution < 1.29 is 4.57 Å². The van der Waals surface area contributed by atoms with Gasteiger partial charge < -0.3 is 0 Å². The molecule has 0 atom stereocenters. The van der Waals surface area contributed by atoms with Crippen LogP contribution in [0.25, 0.3) is 11.0 Å². The average Bonchev–Trinajstić information content (AvgIpc) is 2.78. The van der Waals surface area contributed by atoms with Crippen LogP contribution in [0.2, 0.25) is 0 Å². The van der Waals surface area contributed by atoms with Gasteiger partial charge in [0.15, 0.2) is 11.0 Å². The Morgan fingerprint density at radius 3 is 2.47 bits per heavy atom. The second-order valence-corrected chi connectivity index (χ2v) is 5.40. The molecular weight excluding hydrogens is 232 g/mol. The van der Waals surface area contributed by atoms with Crippen molar-refractivity contribution in [3.8, 4) is 0 Å². The number of hydrogen-bond acceptors (Lipinski definition) is 0. The van der Waals surface area contributed by atoms with Crippen molar-refractivity contribution in [2.45, 2.75) is 65.3 Å². The lowest BCUT2D eigenvalue weighted by molar-refractivity contribution is -0.679. The molecule has 0 unspecified atom stereocenters. The highest BCUT2D eigenvalue weighted by atomic mass is 15.1. The number of nitrogens with one attached hydrogen (secondary N) is 1. The number of fused-ring (bicyclic) bond motifs is 1. The van der Waals surface area contributed by atoms with Crippen molar-refractivity contribution in [2.24, 2.45) is 0 Å². The minimum absolute atomic E-state index is 1.15. The third-order valence-corrected chi connectivity index (χ3v) is 3.80. The van der Waals surface area contributed by atoms with Gasteiger partial charge in [-0.2, -0.15) is 0 Å². The number of H-pyrrole nitrogens is 1. The third kappa shape index (κ3) is 3.59. The van der Waals surface area contributed by atoms with Crippen molar-refractivity contribution in [2.75, 3.05) is 0 Å². The molecule has 19 heavy (non-hydrogen) atoms. The van der Waals surface area contributed by atoms with Gasteiger partial charge in [0.05, 0.1) is 6.54 Å². The van der Waals surface area contributed by atoms with E-state index in [9.17, 15) is 0 Å². The highest BCUT2D eigenvalue weighted by Gasteiger charge is 2.16. The molecule has 2 rings (SSSR count). The lowest BCUT2D eigenvalue weighted by atomic mass is 10.2. The maximum absolute atomic E-state index is 3.61. The zero-order valence-electron chi connectivity index (χ0n) is 12.4. The summed E-state index contributed by atoms with van der Waals surface area (Å²) < 4.78 is 2.50. The number of aromatic nitrogens is 2. The number of para-hydroxylation sites is 2. The van der Waals surface area contributed by atoms with E-state index >= 15 is 0 Å². The number of benzene rings is 1. The first-order valence-corrected chi connectivity index (χ1v) is 7.86. The van der Waals surface area contributed by atoms with Crippen LogP contribution in [0.15, 0.2) is 24.3 Å². The second-order valence-electron chi connectivity index (χ2n) is 5.40. The molecule has 0 radical (unpaired) electrons. The van der Waals surface area contributed by atoms with Gasteiger partial charge in [-0.3, -0.25) is 0 Å². The summed E-state index contributed by atoms with van der Waals surface area (Å²) in [6.45, 7) is 5.68. The molecule has 0 aliphatic rings. The van der Waals surface area contributed by atoms with Crippen LogP contribution in [0.1, 0.15) is 58.2 Å². The van der Waals surface area contributed by atoms with E-state index in [-0.39, 0.29) is 0 Å². The summed E-state index contributed by atoms with van der Waals surface area (Å²) in [7, 11) is 0. The molecule has 2 aromatic rings. The van der Waals surface area contributed by atoms with E-state index in [1.807, 2.05) is 0 Å². The lowest BCUT2D eigenvalue weighted by Crippen LogP contribution is -2.37. The number of nitrogens with zero attached hydrogens (tertiary/aromatic N) is 1. The number of unbranched alkanes of at least 4 members (excludes halogenated alkanes) is 4. The maximum atomic E-state index is 3.61. The maximum Gasteiger partial charge on any atom is 0.255 e. The van der Waals surface area contributed by atoms with E-state index in [0.717, 1.165) is 6.54 Å². The minimum Gasteiger partial charge on any atom is -0.241 e. The molecule has 0 aliphatic carbocycles. The Kier molecular flexibility index (Phi) is 5.44. The van der Waals surface area contributed by atoms with Gasteiger partial charge in [-0.15, -0.1) is 0 Å². The van der Waals surface area contributed by atoms with E-state index in [1.54, 1.807) is 0 Å². The monoisotopic (exact) mass is 259 g/mol. The average molecular weight is 259 g/mol. The van der Waals surface area contributed by atoms with Crippen LogP contribution in [0.5, 0.6) is 0 Å². The molecule has 0 fully saturated rings. The van der Waals surface area contributed by atoms with Crippen molar-refractivity contribution in [1.82, 2.24) is 4.98 Å². The summed E-state index contributed by atoms with van der Waals surface area (Å²) in [4.78, 5) is 3.61. The summed E-state index contributed by atoms with van der Waals surface area (Å²) in [6.07, 6.45) is 8.96. The Morgan fingerprint density at radius 2 is 1.68 bits per heavy atom. The molecule has 1 heterocycles. The Labute approximate surface area is 116 Å². The van der Waals surface area contributed by atoms with Gasteiger partial charge in [0.25, 0.3) is 5.82 Å². The molecule has 2 nitrogen and oxygen atoms in total. The number of hydrogen-bond donors (Lipinski definition) is 1. The standard InChI is InChI=1S/C17H26N2/c1-3-5-7-13-17-18-15-11-8-9-12-16(15)19(17)14-10-6-4-2/h8-9,11-12H,3-7,10,13-14H2,1-2H3/p+1. The number of rotatable bonds is 8. The highest BCUT2D eigenvalue weighted by molar-refractivity contribution is 5.70. The van der Waals surface area contributed by atoms with Crippen LogP contribution in [0.3, 0.4) is 0 Å². The second kappa shape index (κ2) is 7.32. The Morgan fingerprint density at radius 1 is 0.947 bits per heavy atom. The van der Waals surface area contributed by atoms with Gasteiger partial charge in [0.1, 0.15) is 0 Å². The number of aryl methyl sites for hydroxylation is 2. The van der Waals surface area contributed by atoms with Crippen LogP contribution in [0.4, 0.5) is 0 Å². The van der Waals surface area contributed by atoms with E-state index < -0.39 is 0 Å². The molecule has 0 amide bonds. The van der Waals surface area contributed by atoms with Crippen molar-refractivity contribution in [3.05, 3.63) is 30.1 Å². The Hall–Kier alpha value is -1.31. The van der Waals surface area contributed by atoms with Crippen LogP contribution in [0, 0.1) is 0 Å².